The first-order valence-electron chi connectivity index (χ1n) is 5.34. The maximum atomic E-state index is 13.3. The van der Waals surface area contributed by atoms with Gasteiger partial charge in [0.05, 0.1) is 5.56 Å². The molecule has 0 fully saturated rings. The highest BCUT2D eigenvalue weighted by molar-refractivity contribution is 9.10. The smallest absolute Gasteiger partial charge is 0.456 e. The minimum atomic E-state index is -6.73. The fraction of sp³-hybridized carbons (Fsp3) is 0.364. The van der Waals surface area contributed by atoms with Crippen LogP contribution in [0.4, 0.5) is 39.5 Å². The van der Waals surface area contributed by atoms with Crippen molar-refractivity contribution in [1.29, 1.82) is 0 Å². The van der Waals surface area contributed by atoms with Crippen LogP contribution < -0.4 is 0 Å². The molecule has 0 heterocycles. The summed E-state index contributed by atoms with van der Waals surface area (Å²) in [6.45, 7) is -1.60. The third kappa shape index (κ3) is 3.72. The standard InChI is InChI=1S/C11H4BrF9O2/c12-4-1-6(13)5(7(14)2-4)3-23-8(22)9(15,16)10(17,18)11(19,20)21/h1-2H,3H2. The zero-order chi connectivity index (χ0) is 18.2. The molecule has 0 aliphatic carbocycles. The Bertz CT molecular complexity index is 589. The minimum Gasteiger partial charge on any atom is -0.456 e. The first-order chi connectivity index (χ1) is 10.2. The molecule has 0 aliphatic heterocycles. The van der Waals surface area contributed by atoms with Crippen LogP contribution >= 0.6 is 15.9 Å². The SMILES string of the molecule is O=C(OCc1c(F)cc(Br)cc1F)C(F)(F)C(F)(F)C(F)(F)F. The van der Waals surface area contributed by atoms with Crippen LogP contribution in [0.3, 0.4) is 0 Å². The van der Waals surface area contributed by atoms with Crippen molar-refractivity contribution in [3.63, 3.8) is 0 Å². The molecule has 0 spiro atoms. The van der Waals surface area contributed by atoms with Gasteiger partial charge in [-0.25, -0.2) is 13.6 Å². The molecule has 1 aromatic carbocycles. The predicted octanol–water partition coefficient (Wildman–Crippen LogP) is 4.60. The average Bonchev–Trinajstić information content (AvgIpc) is 2.35. The molecule has 130 valence electrons. The highest BCUT2D eigenvalue weighted by Crippen LogP contribution is 2.47. The predicted molar refractivity (Wildman–Crippen MR) is 59.8 cm³/mol. The molecule has 0 atom stereocenters. The lowest BCUT2D eigenvalue weighted by Gasteiger charge is -2.26. The van der Waals surface area contributed by atoms with Gasteiger partial charge < -0.3 is 4.74 Å². The Morgan fingerprint density at radius 1 is 1.00 bits per heavy atom. The van der Waals surface area contributed by atoms with E-state index in [0.717, 1.165) is 0 Å². The summed E-state index contributed by atoms with van der Waals surface area (Å²) in [6, 6.07) is 1.27. The Hall–Kier alpha value is -1.46. The second kappa shape index (κ2) is 6.21. The molecule has 0 saturated heterocycles. The monoisotopic (exact) mass is 418 g/mol. The van der Waals surface area contributed by atoms with Crippen molar-refractivity contribution < 1.29 is 49.0 Å². The van der Waals surface area contributed by atoms with Crippen molar-refractivity contribution >= 4 is 21.9 Å². The van der Waals surface area contributed by atoms with Gasteiger partial charge in [-0.2, -0.15) is 30.7 Å². The number of benzene rings is 1. The molecule has 2 nitrogen and oxygen atoms in total. The average molecular weight is 419 g/mol. The topological polar surface area (TPSA) is 26.3 Å². The summed E-state index contributed by atoms with van der Waals surface area (Å²) in [5.41, 5.74) is -1.10. The van der Waals surface area contributed by atoms with E-state index < -0.39 is 47.8 Å². The molecule has 0 bridgehead atoms. The number of hydrogen-bond acceptors (Lipinski definition) is 2. The van der Waals surface area contributed by atoms with Gasteiger partial charge in [-0.15, -0.1) is 0 Å². The second-order valence-corrected chi connectivity index (χ2v) is 4.99. The van der Waals surface area contributed by atoms with E-state index >= 15 is 0 Å². The van der Waals surface area contributed by atoms with Gasteiger partial charge in [-0.3, -0.25) is 0 Å². The Kier molecular flexibility index (Phi) is 5.29. The summed E-state index contributed by atoms with van der Waals surface area (Å²) < 4.78 is 117. The zero-order valence-electron chi connectivity index (χ0n) is 10.5. The van der Waals surface area contributed by atoms with E-state index in [4.69, 9.17) is 0 Å². The molecule has 0 N–H and O–H groups in total. The van der Waals surface area contributed by atoms with E-state index in [1.807, 2.05) is 0 Å². The maximum absolute atomic E-state index is 13.3. The summed E-state index contributed by atoms with van der Waals surface area (Å²) in [6.07, 6.45) is -6.73. The number of esters is 1. The number of carbonyl (C=O) groups excluding carboxylic acids is 1. The molecular weight excluding hydrogens is 415 g/mol. The number of ether oxygens (including phenoxy) is 1. The number of carbonyl (C=O) groups is 1. The Balaban J connectivity index is 2.97. The lowest BCUT2D eigenvalue weighted by atomic mass is 10.1. The molecule has 1 rings (SSSR count). The Morgan fingerprint density at radius 3 is 1.83 bits per heavy atom. The van der Waals surface area contributed by atoms with Crippen LogP contribution in [0.1, 0.15) is 5.56 Å². The van der Waals surface area contributed by atoms with Crippen LogP contribution in [0, 0.1) is 11.6 Å². The van der Waals surface area contributed by atoms with Gasteiger partial charge in [-0.05, 0) is 12.1 Å². The van der Waals surface area contributed by atoms with E-state index in [-0.39, 0.29) is 4.47 Å². The van der Waals surface area contributed by atoms with Crippen molar-refractivity contribution in [1.82, 2.24) is 0 Å². The normalized spacial score (nSPS) is 13.1. The van der Waals surface area contributed by atoms with Crippen LogP contribution in [-0.4, -0.2) is 24.0 Å². The van der Waals surface area contributed by atoms with Crippen molar-refractivity contribution in [2.75, 3.05) is 0 Å². The lowest BCUT2D eigenvalue weighted by molar-refractivity contribution is -0.348. The number of alkyl halides is 7. The van der Waals surface area contributed by atoms with Gasteiger partial charge in [-0.1, -0.05) is 15.9 Å². The van der Waals surface area contributed by atoms with Gasteiger partial charge in [0.15, 0.2) is 0 Å². The number of rotatable bonds is 4. The van der Waals surface area contributed by atoms with Crippen molar-refractivity contribution in [2.24, 2.45) is 0 Å². The van der Waals surface area contributed by atoms with Crippen LogP contribution in [0.2, 0.25) is 0 Å². The van der Waals surface area contributed by atoms with Crippen LogP contribution in [0.25, 0.3) is 0 Å². The van der Waals surface area contributed by atoms with Gasteiger partial charge in [0.1, 0.15) is 18.2 Å². The van der Waals surface area contributed by atoms with Gasteiger partial charge in [0.2, 0.25) is 0 Å². The molecule has 0 saturated carbocycles. The van der Waals surface area contributed by atoms with E-state index in [1.54, 1.807) is 0 Å². The van der Waals surface area contributed by atoms with Crippen molar-refractivity contribution in [3.8, 4) is 0 Å². The van der Waals surface area contributed by atoms with Crippen LogP contribution in [0.15, 0.2) is 16.6 Å². The van der Waals surface area contributed by atoms with E-state index in [0.29, 0.717) is 12.1 Å². The maximum Gasteiger partial charge on any atom is 0.460 e. The number of hydrogen-bond donors (Lipinski definition) is 0. The summed E-state index contributed by atoms with van der Waals surface area (Å²) in [7, 11) is 0. The molecule has 0 radical (unpaired) electrons. The quantitative estimate of drug-likeness (QED) is 0.527. The van der Waals surface area contributed by atoms with Crippen LogP contribution in [0.5, 0.6) is 0 Å². The molecule has 0 aromatic heterocycles. The molecule has 12 heteroatoms. The minimum absolute atomic E-state index is 0.114. The second-order valence-electron chi connectivity index (χ2n) is 4.07. The summed E-state index contributed by atoms with van der Waals surface area (Å²) >= 11 is 2.67. The van der Waals surface area contributed by atoms with Gasteiger partial charge >= 0.3 is 24.0 Å². The molecule has 0 unspecified atom stereocenters. The molecule has 0 amide bonds. The van der Waals surface area contributed by atoms with E-state index in [1.165, 1.54) is 0 Å². The third-order valence-corrected chi connectivity index (χ3v) is 2.92. The van der Waals surface area contributed by atoms with E-state index in [2.05, 4.69) is 20.7 Å². The van der Waals surface area contributed by atoms with Gasteiger partial charge in [0, 0.05) is 4.47 Å². The van der Waals surface area contributed by atoms with E-state index in [9.17, 15) is 44.3 Å². The highest BCUT2D eigenvalue weighted by Gasteiger charge is 2.77. The highest BCUT2D eigenvalue weighted by atomic mass is 79.9. The molecule has 23 heavy (non-hydrogen) atoms. The molecular formula is C11H4BrF9O2. The fourth-order valence-corrected chi connectivity index (χ4v) is 1.65. The number of halogens is 10. The molecule has 0 aliphatic rings. The molecule has 1 aromatic rings. The third-order valence-electron chi connectivity index (χ3n) is 2.46. The zero-order valence-corrected chi connectivity index (χ0v) is 12.0. The Morgan fingerprint density at radius 2 is 1.43 bits per heavy atom. The summed E-state index contributed by atoms with van der Waals surface area (Å²) in [4.78, 5) is 10.8. The van der Waals surface area contributed by atoms with Crippen molar-refractivity contribution in [3.05, 3.63) is 33.8 Å². The largest absolute Gasteiger partial charge is 0.460 e. The van der Waals surface area contributed by atoms with Crippen molar-refractivity contribution in [2.45, 2.75) is 24.6 Å². The first kappa shape index (κ1) is 19.6. The first-order valence-corrected chi connectivity index (χ1v) is 6.14. The lowest BCUT2D eigenvalue weighted by Crippen LogP contribution is -2.56. The Labute approximate surface area is 130 Å². The summed E-state index contributed by atoms with van der Waals surface area (Å²) in [5, 5.41) is 0. The summed E-state index contributed by atoms with van der Waals surface area (Å²) in [5.74, 6) is -19.0. The van der Waals surface area contributed by atoms with Crippen LogP contribution in [-0.2, 0) is 16.1 Å². The fourth-order valence-electron chi connectivity index (χ4n) is 1.24. The van der Waals surface area contributed by atoms with Gasteiger partial charge in [0.25, 0.3) is 0 Å².